The van der Waals surface area contributed by atoms with Crippen molar-refractivity contribution in [2.45, 2.75) is 26.2 Å². The summed E-state index contributed by atoms with van der Waals surface area (Å²) in [5.41, 5.74) is 0.324. The third kappa shape index (κ3) is 4.70. The molecule has 22 heavy (non-hydrogen) atoms. The zero-order chi connectivity index (χ0) is 15.9. The molecule has 5 heteroatoms. The van der Waals surface area contributed by atoms with Crippen LogP contribution in [0.15, 0.2) is 18.2 Å². The number of methoxy groups -OCH3 is 1. The number of nitrogens with zero attached hydrogens (tertiary/aromatic N) is 1. The fraction of sp³-hybridized carbons (Fsp3) is 0.588. The number of hydrogen-bond donors (Lipinski definition) is 1. The zero-order valence-electron chi connectivity index (χ0n) is 13.4. The van der Waals surface area contributed by atoms with Gasteiger partial charge in [0.2, 0.25) is 0 Å². The molecule has 1 heterocycles. The Bertz CT molecular complexity index is 507. The highest BCUT2D eigenvalue weighted by Crippen LogP contribution is 2.17. The predicted octanol–water partition coefficient (Wildman–Crippen LogP) is 2.69. The average Bonchev–Trinajstić information content (AvgIpc) is 2.51. The van der Waals surface area contributed by atoms with Gasteiger partial charge in [-0.3, -0.25) is 4.79 Å². The minimum absolute atomic E-state index is 0.149. The quantitative estimate of drug-likeness (QED) is 0.822. The lowest BCUT2D eigenvalue weighted by atomic mass is 10.0. The van der Waals surface area contributed by atoms with Crippen LogP contribution < -0.4 is 10.1 Å². The summed E-state index contributed by atoms with van der Waals surface area (Å²) in [6.07, 6.45) is 3.49. The molecule has 1 N–H and O–H groups in total. The number of halogens is 1. The number of carbonyl (C=O) groups is 1. The summed E-state index contributed by atoms with van der Waals surface area (Å²) < 4.78 is 18.4. The van der Waals surface area contributed by atoms with Crippen molar-refractivity contribution in [1.29, 1.82) is 0 Å². The van der Waals surface area contributed by atoms with Gasteiger partial charge in [0.1, 0.15) is 0 Å². The van der Waals surface area contributed by atoms with Gasteiger partial charge in [-0.15, -0.1) is 0 Å². The number of carbonyl (C=O) groups excluding carboxylic acids is 1. The summed E-state index contributed by atoms with van der Waals surface area (Å²) >= 11 is 0. The molecular weight excluding hydrogens is 283 g/mol. The lowest BCUT2D eigenvalue weighted by molar-refractivity contribution is 0.0949. The number of ether oxygens (including phenoxy) is 1. The molecular formula is C17H25FN2O2. The fourth-order valence-corrected chi connectivity index (χ4v) is 2.90. The van der Waals surface area contributed by atoms with Crippen LogP contribution in [-0.4, -0.2) is 44.1 Å². The maximum Gasteiger partial charge on any atom is 0.251 e. The molecule has 2 rings (SSSR count). The Morgan fingerprint density at radius 1 is 1.50 bits per heavy atom. The molecule has 0 spiro atoms. The molecule has 122 valence electrons. The van der Waals surface area contributed by atoms with Crippen LogP contribution in [0.25, 0.3) is 0 Å². The maximum absolute atomic E-state index is 13.6. The second kappa shape index (κ2) is 8.13. The Kier molecular flexibility index (Phi) is 6.19. The first-order valence-corrected chi connectivity index (χ1v) is 7.94. The van der Waals surface area contributed by atoms with Crippen molar-refractivity contribution in [2.24, 2.45) is 5.92 Å². The van der Waals surface area contributed by atoms with Crippen molar-refractivity contribution in [3.63, 3.8) is 0 Å². The van der Waals surface area contributed by atoms with Crippen LogP contribution in [0.1, 0.15) is 36.5 Å². The third-order valence-electron chi connectivity index (χ3n) is 4.09. The normalized spacial score (nSPS) is 19.0. The topological polar surface area (TPSA) is 41.6 Å². The Labute approximate surface area is 131 Å². The molecule has 0 aliphatic carbocycles. The highest BCUT2D eigenvalue weighted by atomic mass is 19.1. The third-order valence-corrected chi connectivity index (χ3v) is 4.09. The second-order valence-electron chi connectivity index (χ2n) is 6.01. The molecule has 1 aliphatic rings. The molecule has 0 aromatic heterocycles. The molecule has 0 saturated carbocycles. The molecule has 1 atom stereocenters. The first-order chi connectivity index (χ1) is 10.6. The van der Waals surface area contributed by atoms with Crippen molar-refractivity contribution in [3.8, 4) is 5.75 Å². The van der Waals surface area contributed by atoms with Gasteiger partial charge >= 0.3 is 0 Å². The lowest BCUT2D eigenvalue weighted by Gasteiger charge is -2.30. The van der Waals surface area contributed by atoms with Crippen molar-refractivity contribution >= 4 is 5.91 Å². The van der Waals surface area contributed by atoms with E-state index in [1.54, 1.807) is 6.07 Å². The van der Waals surface area contributed by atoms with E-state index >= 15 is 0 Å². The summed E-state index contributed by atoms with van der Waals surface area (Å²) in [4.78, 5) is 14.4. The van der Waals surface area contributed by atoms with Gasteiger partial charge in [-0.1, -0.05) is 6.92 Å². The summed E-state index contributed by atoms with van der Waals surface area (Å²) in [5.74, 6) is 0.160. The van der Waals surface area contributed by atoms with Crippen LogP contribution in [0.3, 0.4) is 0 Å². The first kappa shape index (κ1) is 16.7. The Morgan fingerprint density at radius 3 is 3.00 bits per heavy atom. The van der Waals surface area contributed by atoms with Crippen LogP contribution >= 0.6 is 0 Å². The van der Waals surface area contributed by atoms with Crippen LogP contribution in [0.4, 0.5) is 4.39 Å². The van der Waals surface area contributed by atoms with Gasteiger partial charge < -0.3 is 15.0 Å². The lowest BCUT2D eigenvalue weighted by Crippen LogP contribution is -2.36. The van der Waals surface area contributed by atoms with E-state index < -0.39 is 5.82 Å². The molecule has 0 radical (unpaired) electrons. The minimum atomic E-state index is -0.516. The zero-order valence-corrected chi connectivity index (χ0v) is 13.4. The van der Waals surface area contributed by atoms with Crippen LogP contribution in [0.5, 0.6) is 5.75 Å². The largest absolute Gasteiger partial charge is 0.494 e. The number of rotatable bonds is 6. The fourth-order valence-electron chi connectivity index (χ4n) is 2.90. The van der Waals surface area contributed by atoms with Crippen molar-refractivity contribution in [2.75, 3.05) is 33.3 Å². The molecule has 1 aliphatic heterocycles. The number of likely N-dealkylation sites (tertiary alicyclic amines) is 1. The van der Waals surface area contributed by atoms with Gasteiger partial charge in [0, 0.05) is 18.7 Å². The van der Waals surface area contributed by atoms with E-state index in [-0.39, 0.29) is 11.7 Å². The highest BCUT2D eigenvalue weighted by Gasteiger charge is 2.15. The molecule has 1 amide bonds. The summed E-state index contributed by atoms with van der Waals surface area (Å²) in [6, 6.07) is 4.25. The van der Waals surface area contributed by atoms with E-state index in [1.165, 1.54) is 32.1 Å². The number of amides is 1. The van der Waals surface area contributed by atoms with Gasteiger partial charge in [-0.25, -0.2) is 4.39 Å². The molecule has 0 bridgehead atoms. The summed E-state index contributed by atoms with van der Waals surface area (Å²) in [5, 5.41) is 2.84. The van der Waals surface area contributed by atoms with E-state index in [4.69, 9.17) is 4.74 Å². The Balaban J connectivity index is 1.72. The number of benzene rings is 1. The smallest absolute Gasteiger partial charge is 0.251 e. The minimum Gasteiger partial charge on any atom is -0.494 e. The van der Waals surface area contributed by atoms with Crippen molar-refractivity contribution < 1.29 is 13.9 Å². The van der Waals surface area contributed by atoms with Gasteiger partial charge in [-0.2, -0.15) is 0 Å². The van der Waals surface area contributed by atoms with Gasteiger partial charge in [0.05, 0.1) is 7.11 Å². The molecule has 4 nitrogen and oxygen atoms in total. The Morgan fingerprint density at radius 2 is 2.32 bits per heavy atom. The molecule has 1 saturated heterocycles. The second-order valence-corrected chi connectivity index (χ2v) is 6.01. The number of piperidine rings is 1. The van der Waals surface area contributed by atoms with Gasteiger partial charge in [0.15, 0.2) is 11.6 Å². The maximum atomic E-state index is 13.6. The van der Waals surface area contributed by atoms with E-state index in [9.17, 15) is 9.18 Å². The SMILES string of the molecule is COc1ccc(C(=O)NCCCN2CCC[C@H](C)C2)cc1F. The average molecular weight is 308 g/mol. The van der Waals surface area contributed by atoms with Crippen LogP contribution in [-0.2, 0) is 0 Å². The van der Waals surface area contributed by atoms with E-state index in [2.05, 4.69) is 17.1 Å². The molecule has 1 aromatic rings. The van der Waals surface area contributed by atoms with E-state index in [0.717, 1.165) is 32.0 Å². The van der Waals surface area contributed by atoms with Gasteiger partial charge in [0.25, 0.3) is 5.91 Å². The predicted molar refractivity (Wildman–Crippen MR) is 84.7 cm³/mol. The van der Waals surface area contributed by atoms with Crippen LogP contribution in [0.2, 0.25) is 0 Å². The molecule has 0 unspecified atom stereocenters. The van der Waals surface area contributed by atoms with E-state index in [1.807, 2.05) is 0 Å². The first-order valence-electron chi connectivity index (χ1n) is 7.94. The monoisotopic (exact) mass is 308 g/mol. The Hall–Kier alpha value is -1.62. The van der Waals surface area contributed by atoms with Crippen LogP contribution in [0, 0.1) is 11.7 Å². The molecule has 1 fully saturated rings. The number of hydrogen-bond acceptors (Lipinski definition) is 3. The van der Waals surface area contributed by atoms with Crippen molar-refractivity contribution in [3.05, 3.63) is 29.6 Å². The van der Waals surface area contributed by atoms with Crippen molar-refractivity contribution in [1.82, 2.24) is 10.2 Å². The standard InChI is InChI=1S/C17H25FN2O2/c1-13-5-3-9-20(12-13)10-4-8-19-17(21)14-6-7-16(22-2)15(18)11-14/h6-7,11,13H,3-5,8-10,12H2,1-2H3,(H,19,21)/t13-/m0/s1. The summed E-state index contributed by atoms with van der Waals surface area (Å²) in [6.45, 7) is 6.20. The molecule has 1 aromatic carbocycles. The van der Waals surface area contributed by atoms with Gasteiger partial charge in [-0.05, 0) is 56.5 Å². The van der Waals surface area contributed by atoms with E-state index in [0.29, 0.717) is 12.1 Å². The summed E-state index contributed by atoms with van der Waals surface area (Å²) in [7, 11) is 1.40. The number of nitrogens with one attached hydrogen (secondary N) is 1. The highest BCUT2D eigenvalue weighted by molar-refractivity contribution is 5.94.